The van der Waals surface area contributed by atoms with E-state index in [1.54, 1.807) is 26.8 Å². The summed E-state index contributed by atoms with van der Waals surface area (Å²) in [6.07, 6.45) is 0. The Bertz CT molecular complexity index is 924. The predicted molar refractivity (Wildman–Crippen MR) is 95.2 cm³/mol. The van der Waals surface area contributed by atoms with Gasteiger partial charge in [0.05, 0.1) is 17.0 Å². The van der Waals surface area contributed by atoms with Crippen molar-refractivity contribution in [2.75, 3.05) is 6.61 Å². The number of carbonyl (C=O) groups excluding carboxylic acids is 2. The number of rotatable bonds is 6. The molecule has 0 fully saturated rings. The minimum absolute atomic E-state index is 0.0278. The summed E-state index contributed by atoms with van der Waals surface area (Å²) in [4.78, 5) is 28.2. The molecule has 3 aromatic rings. The minimum Gasteiger partial charge on any atom is -0.462 e. The van der Waals surface area contributed by atoms with Crippen LogP contribution in [0.15, 0.2) is 28.1 Å². The first-order valence-corrected chi connectivity index (χ1v) is 8.92. The van der Waals surface area contributed by atoms with Gasteiger partial charge in [-0.2, -0.15) is 0 Å². The number of hydrogen-bond acceptors (Lipinski definition) is 7. The van der Waals surface area contributed by atoms with Gasteiger partial charge >= 0.3 is 11.9 Å². The summed E-state index contributed by atoms with van der Waals surface area (Å²) < 4.78 is 15.6. The molecule has 7 nitrogen and oxygen atoms in total. The Balaban J connectivity index is 1.69. The number of ether oxygens (including phenoxy) is 2. The lowest BCUT2D eigenvalue weighted by atomic mass is 10.1. The molecule has 0 aromatic carbocycles. The van der Waals surface area contributed by atoms with Crippen molar-refractivity contribution < 1.29 is 23.6 Å². The highest BCUT2D eigenvalue weighted by Gasteiger charge is 2.24. The third kappa shape index (κ3) is 3.55. The molecule has 0 spiro atoms. The molecule has 0 aliphatic carbocycles. The highest BCUT2D eigenvalue weighted by atomic mass is 32.1. The van der Waals surface area contributed by atoms with Gasteiger partial charge in [0.25, 0.3) is 0 Å². The molecule has 0 bridgehead atoms. The maximum Gasteiger partial charge on any atom is 0.355 e. The van der Waals surface area contributed by atoms with Crippen molar-refractivity contribution in [1.29, 1.82) is 0 Å². The van der Waals surface area contributed by atoms with Crippen molar-refractivity contribution in [3.63, 3.8) is 0 Å². The van der Waals surface area contributed by atoms with Crippen LogP contribution in [0, 0.1) is 13.8 Å². The number of aromatic nitrogens is 2. The quantitative estimate of drug-likeness (QED) is 0.658. The normalized spacial score (nSPS) is 10.7. The summed E-state index contributed by atoms with van der Waals surface area (Å²) in [5.41, 5.74) is 2.17. The van der Waals surface area contributed by atoms with Crippen LogP contribution in [0.2, 0.25) is 0 Å². The molecular formula is C18H18N2O5S. The van der Waals surface area contributed by atoms with Crippen LogP contribution in [-0.2, 0) is 16.1 Å². The van der Waals surface area contributed by atoms with Gasteiger partial charge < -0.3 is 19.0 Å². The molecule has 0 unspecified atom stereocenters. The third-order valence-corrected chi connectivity index (χ3v) is 4.68. The van der Waals surface area contributed by atoms with Crippen LogP contribution < -0.4 is 0 Å². The highest BCUT2D eigenvalue weighted by Crippen LogP contribution is 2.25. The van der Waals surface area contributed by atoms with Gasteiger partial charge in [0.2, 0.25) is 0 Å². The zero-order valence-corrected chi connectivity index (χ0v) is 15.4. The van der Waals surface area contributed by atoms with Crippen LogP contribution >= 0.6 is 11.3 Å². The Hall–Kier alpha value is -2.87. The zero-order valence-electron chi connectivity index (χ0n) is 14.6. The van der Waals surface area contributed by atoms with Gasteiger partial charge in [0, 0.05) is 11.8 Å². The first kappa shape index (κ1) is 17.9. The SMILES string of the molecule is CCOC(=O)c1c(C)[nH]c(C(=O)OCc2cc(-c3cccs3)on2)c1C. The standard InChI is InChI=1S/C18H18N2O5S/c1-4-23-17(21)15-10(2)16(19-11(15)3)18(22)24-9-12-8-13(25-20-12)14-6-5-7-26-14/h5-8,19H,4,9H2,1-3H3. The molecule has 0 radical (unpaired) electrons. The molecule has 0 atom stereocenters. The lowest BCUT2D eigenvalue weighted by molar-refractivity contribution is 0.0457. The fraction of sp³-hybridized carbons (Fsp3) is 0.278. The number of nitrogens with one attached hydrogen (secondary N) is 1. The van der Waals surface area contributed by atoms with Gasteiger partial charge in [-0.3, -0.25) is 0 Å². The van der Waals surface area contributed by atoms with Crippen LogP contribution in [0.25, 0.3) is 10.6 Å². The summed E-state index contributed by atoms with van der Waals surface area (Å²) in [6, 6.07) is 5.57. The van der Waals surface area contributed by atoms with Gasteiger partial charge in [-0.25, -0.2) is 9.59 Å². The van der Waals surface area contributed by atoms with Gasteiger partial charge in [-0.05, 0) is 37.8 Å². The van der Waals surface area contributed by atoms with Crippen LogP contribution in [0.3, 0.4) is 0 Å². The second kappa shape index (κ2) is 7.57. The monoisotopic (exact) mass is 374 g/mol. The van der Waals surface area contributed by atoms with Crippen molar-refractivity contribution in [3.05, 3.63) is 51.8 Å². The molecule has 3 heterocycles. The van der Waals surface area contributed by atoms with Crippen molar-refractivity contribution in [2.24, 2.45) is 0 Å². The predicted octanol–water partition coefficient (Wildman–Crippen LogP) is 3.88. The van der Waals surface area contributed by atoms with Crippen molar-refractivity contribution in [1.82, 2.24) is 10.1 Å². The number of hydrogen-bond donors (Lipinski definition) is 1. The number of nitrogens with zero attached hydrogens (tertiary/aromatic N) is 1. The van der Waals surface area contributed by atoms with Crippen LogP contribution in [-0.4, -0.2) is 28.7 Å². The van der Waals surface area contributed by atoms with E-state index >= 15 is 0 Å². The highest BCUT2D eigenvalue weighted by molar-refractivity contribution is 7.13. The zero-order chi connectivity index (χ0) is 18.7. The fourth-order valence-electron chi connectivity index (χ4n) is 2.59. The summed E-state index contributed by atoms with van der Waals surface area (Å²) in [5, 5.41) is 5.85. The van der Waals surface area contributed by atoms with Gasteiger partial charge in [-0.1, -0.05) is 11.2 Å². The van der Waals surface area contributed by atoms with E-state index in [1.165, 1.54) is 11.3 Å². The topological polar surface area (TPSA) is 94.4 Å². The largest absolute Gasteiger partial charge is 0.462 e. The summed E-state index contributed by atoms with van der Waals surface area (Å²) in [6.45, 7) is 5.35. The Morgan fingerprint density at radius 3 is 2.77 bits per heavy atom. The van der Waals surface area contributed by atoms with E-state index in [9.17, 15) is 9.59 Å². The minimum atomic E-state index is -0.568. The average molecular weight is 374 g/mol. The number of thiophene rings is 1. The molecule has 8 heteroatoms. The molecule has 3 aromatic heterocycles. The Labute approximate surface area is 153 Å². The summed E-state index contributed by atoms with van der Waals surface area (Å²) in [7, 11) is 0. The molecule has 0 saturated carbocycles. The van der Waals surface area contributed by atoms with Crippen LogP contribution in [0.1, 0.15) is 44.7 Å². The van der Waals surface area contributed by atoms with Crippen molar-refractivity contribution in [2.45, 2.75) is 27.4 Å². The Kier molecular flexibility index (Phi) is 5.22. The maximum absolute atomic E-state index is 12.4. The second-order valence-electron chi connectivity index (χ2n) is 5.58. The molecule has 3 rings (SSSR count). The molecule has 26 heavy (non-hydrogen) atoms. The van der Waals surface area contributed by atoms with E-state index in [0.29, 0.717) is 28.3 Å². The lowest BCUT2D eigenvalue weighted by Gasteiger charge is -2.03. The Morgan fingerprint density at radius 1 is 1.27 bits per heavy atom. The first-order valence-electron chi connectivity index (χ1n) is 8.04. The Morgan fingerprint density at radius 2 is 2.08 bits per heavy atom. The summed E-state index contributed by atoms with van der Waals surface area (Å²) in [5.74, 6) is -0.403. The van der Waals surface area contributed by atoms with E-state index < -0.39 is 11.9 Å². The molecule has 0 aliphatic heterocycles. The third-order valence-electron chi connectivity index (χ3n) is 3.80. The number of carbonyl (C=O) groups is 2. The van der Waals surface area contributed by atoms with E-state index in [1.807, 2.05) is 17.5 Å². The number of H-pyrrole nitrogens is 1. The van der Waals surface area contributed by atoms with Gasteiger partial charge in [0.1, 0.15) is 18.0 Å². The van der Waals surface area contributed by atoms with Crippen LogP contribution in [0.5, 0.6) is 0 Å². The van der Waals surface area contributed by atoms with Gasteiger partial charge in [0.15, 0.2) is 5.76 Å². The fourth-order valence-corrected chi connectivity index (χ4v) is 3.26. The molecular weight excluding hydrogens is 356 g/mol. The first-order chi connectivity index (χ1) is 12.5. The van der Waals surface area contributed by atoms with Crippen LogP contribution in [0.4, 0.5) is 0 Å². The molecule has 0 aliphatic rings. The van der Waals surface area contributed by atoms with Gasteiger partial charge in [-0.15, -0.1) is 11.3 Å². The molecule has 136 valence electrons. The van der Waals surface area contributed by atoms with Crippen molar-refractivity contribution in [3.8, 4) is 10.6 Å². The molecule has 0 saturated heterocycles. The number of aromatic amines is 1. The van der Waals surface area contributed by atoms with E-state index in [4.69, 9.17) is 14.0 Å². The lowest BCUT2D eigenvalue weighted by Crippen LogP contribution is -2.09. The van der Waals surface area contributed by atoms with Crippen molar-refractivity contribution >= 4 is 23.3 Å². The van der Waals surface area contributed by atoms with E-state index in [-0.39, 0.29) is 18.9 Å². The number of esters is 2. The smallest absolute Gasteiger partial charge is 0.355 e. The summed E-state index contributed by atoms with van der Waals surface area (Å²) >= 11 is 1.53. The molecule has 1 N–H and O–H groups in total. The second-order valence-corrected chi connectivity index (χ2v) is 6.53. The molecule has 0 amide bonds. The maximum atomic E-state index is 12.4. The van der Waals surface area contributed by atoms with E-state index in [2.05, 4.69) is 10.1 Å². The number of aryl methyl sites for hydroxylation is 1. The van der Waals surface area contributed by atoms with E-state index in [0.717, 1.165) is 4.88 Å². The average Bonchev–Trinajstić information content (AvgIpc) is 3.32.